The molecule has 0 saturated heterocycles. The summed E-state index contributed by atoms with van der Waals surface area (Å²) in [6, 6.07) is 4.53. The first-order valence-corrected chi connectivity index (χ1v) is 6.82. The molecule has 2 N–H and O–H groups in total. The Balaban J connectivity index is 2.23. The highest BCUT2D eigenvalue weighted by Crippen LogP contribution is 2.33. The molecule has 1 aromatic heterocycles. The number of carboxylic acid groups (broad SMARTS) is 2. The third kappa shape index (κ3) is 2.24. The van der Waals surface area contributed by atoms with E-state index in [2.05, 4.69) is 4.98 Å². The summed E-state index contributed by atoms with van der Waals surface area (Å²) in [7, 11) is 0. The number of rotatable bonds is 3. The Morgan fingerprint density at radius 3 is 2.50 bits per heavy atom. The normalized spacial score (nSPS) is 17.0. The maximum absolute atomic E-state index is 13.1. The van der Waals surface area contributed by atoms with Crippen molar-refractivity contribution >= 4 is 11.9 Å². The van der Waals surface area contributed by atoms with Crippen LogP contribution in [-0.4, -0.2) is 31.7 Å². The van der Waals surface area contributed by atoms with Gasteiger partial charge in [-0.05, 0) is 43.5 Å². The zero-order valence-corrected chi connectivity index (χ0v) is 11.5. The van der Waals surface area contributed by atoms with Gasteiger partial charge in [-0.15, -0.1) is 0 Å². The smallest absolute Gasteiger partial charge is 0.356 e. The summed E-state index contributed by atoms with van der Waals surface area (Å²) in [5, 5.41) is 18.7. The van der Waals surface area contributed by atoms with Gasteiger partial charge in [0.25, 0.3) is 0 Å². The van der Waals surface area contributed by atoms with Gasteiger partial charge in [0.05, 0.1) is 5.69 Å². The van der Waals surface area contributed by atoms with Gasteiger partial charge in [0.2, 0.25) is 0 Å². The lowest BCUT2D eigenvalue weighted by Crippen LogP contribution is -2.26. The van der Waals surface area contributed by atoms with Gasteiger partial charge < -0.3 is 14.8 Å². The van der Waals surface area contributed by atoms with Crippen LogP contribution in [0.3, 0.4) is 0 Å². The third-order valence-corrected chi connectivity index (χ3v) is 3.80. The lowest BCUT2D eigenvalue weighted by Gasteiger charge is -2.24. The first-order valence-electron chi connectivity index (χ1n) is 6.82. The molecule has 0 saturated carbocycles. The molecule has 0 radical (unpaired) electrons. The first-order chi connectivity index (χ1) is 10.5. The predicted octanol–water partition coefficient (Wildman–Crippen LogP) is 2.35. The largest absolute Gasteiger partial charge is 0.480 e. The molecular weight excluding hydrogens is 291 g/mol. The molecule has 114 valence electrons. The minimum Gasteiger partial charge on any atom is -0.480 e. The molecule has 6 nitrogen and oxygen atoms in total. The molecule has 3 rings (SSSR count). The van der Waals surface area contributed by atoms with E-state index >= 15 is 0 Å². The van der Waals surface area contributed by atoms with E-state index in [0.29, 0.717) is 30.5 Å². The van der Waals surface area contributed by atoms with E-state index in [1.54, 1.807) is 0 Å². The Kier molecular flexibility index (Phi) is 3.40. The lowest BCUT2D eigenvalue weighted by atomic mass is 10.0. The van der Waals surface area contributed by atoms with Gasteiger partial charge in [-0.1, -0.05) is 0 Å². The van der Waals surface area contributed by atoms with Crippen molar-refractivity contribution in [3.05, 3.63) is 41.5 Å². The Bertz CT molecular complexity index is 752. The average Bonchev–Trinajstić information content (AvgIpc) is 2.87. The van der Waals surface area contributed by atoms with Crippen molar-refractivity contribution in [1.82, 2.24) is 9.55 Å². The number of hydrogen-bond acceptors (Lipinski definition) is 3. The molecule has 1 aromatic carbocycles. The average molecular weight is 304 g/mol. The van der Waals surface area contributed by atoms with Gasteiger partial charge in [-0.3, -0.25) is 0 Å². The van der Waals surface area contributed by atoms with E-state index in [4.69, 9.17) is 0 Å². The molecule has 2 heterocycles. The molecule has 0 spiro atoms. The number of carboxylic acids is 2. The van der Waals surface area contributed by atoms with E-state index in [-0.39, 0.29) is 11.5 Å². The molecule has 1 atom stereocenters. The van der Waals surface area contributed by atoms with Gasteiger partial charge in [0, 0.05) is 5.56 Å². The Labute approximate surface area is 124 Å². The van der Waals surface area contributed by atoms with Gasteiger partial charge >= 0.3 is 11.9 Å². The van der Waals surface area contributed by atoms with E-state index < -0.39 is 23.8 Å². The van der Waals surface area contributed by atoms with Crippen LogP contribution >= 0.6 is 0 Å². The van der Waals surface area contributed by atoms with Crippen molar-refractivity contribution in [2.24, 2.45) is 0 Å². The number of nitrogens with zero attached hydrogens (tertiary/aromatic N) is 2. The van der Waals surface area contributed by atoms with Crippen molar-refractivity contribution in [2.75, 3.05) is 0 Å². The Morgan fingerprint density at radius 1 is 1.23 bits per heavy atom. The lowest BCUT2D eigenvalue weighted by molar-refractivity contribution is -0.141. The van der Waals surface area contributed by atoms with Crippen molar-refractivity contribution in [3.8, 4) is 11.4 Å². The summed E-state index contributed by atoms with van der Waals surface area (Å²) in [5.74, 6) is -2.40. The quantitative estimate of drug-likeness (QED) is 0.908. The van der Waals surface area contributed by atoms with Crippen molar-refractivity contribution in [3.63, 3.8) is 0 Å². The number of halogens is 1. The number of fused-ring (bicyclic) bond motifs is 1. The van der Waals surface area contributed by atoms with Crippen LogP contribution < -0.4 is 0 Å². The summed E-state index contributed by atoms with van der Waals surface area (Å²) in [5.41, 5.74) is 0.763. The fourth-order valence-electron chi connectivity index (χ4n) is 2.84. The van der Waals surface area contributed by atoms with Crippen LogP contribution in [0.2, 0.25) is 0 Å². The molecule has 0 amide bonds. The van der Waals surface area contributed by atoms with E-state index in [1.165, 1.54) is 28.8 Å². The van der Waals surface area contributed by atoms with Gasteiger partial charge in [0.15, 0.2) is 5.69 Å². The molecule has 1 aliphatic rings. The van der Waals surface area contributed by atoms with Crippen LogP contribution in [0, 0.1) is 5.82 Å². The standard InChI is InChI=1S/C15H13FN2O4/c16-9-6-4-8(5-7-9)13-17-12(15(21)22)10-2-1-3-11(14(19)20)18(10)13/h4-7,11H,1-3H2,(H,19,20)(H,21,22). The summed E-state index contributed by atoms with van der Waals surface area (Å²) in [6.07, 6.45) is 1.46. The molecule has 1 aliphatic heterocycles. The fraction of sp³-hybridized carbons (Fsp3) is 0.267. The molecule has 22 heavy (non-hydrogen) atoms. The number of aromatic nitrogens is 2. The van der Waals surface area contributed by atoms with Crippen LogP contribution in [0.5, 0.6) is 0 Å². The zero-order chi connectivity index (χ0) is 15.9. The minimum absolute atomic E-state index is 0.134. The molecule has 1 unspecified atom stereocenters. The number of aliphatic carboxylic acids is 1. The van der Waals surface area contributed by atoms with E-state index in [1.807, 2.05) is 0 Å². The maximum Gasteiger partial charge on any atom is 0.356 e. The summed E-state index contributed by atoms with van der Waals surface area (Å²) < 4.78 is 14.5. The second kappa shape index (κ2) is 5.25. The van der Waals surface area contributed by atoms with Gasteiger partial charge in [0.1, 0.15) is 17.7 Å². The monoisotopic (exact) mass is 304 g/mol. The highest BCUT2D eigenvalue weighted by Gasteiger charge is 2.33. The van der Waals surface area contributed by atoms with Crippen LogP contribution in [0.15, 0.2) is 24.3 Å². The topological polar surface area (TPSA) is 92.4 Å². The Hall–Kier alpha value is -2.70. The number of carbonyl (C=O) groups is 2. The van der Waals surface area contributed by atoms with Crippen LogP contribution in [0.25, 0.3) is 11.4 Å². The summed E-state index contributed by atoms with van der Waals surface area (Å²) in [4.78, 5) is 26.9. The molecule has 2 aromatic rings. The van der Waals surface area contributed by atoms with E-state index in [9.17, 15) is 24.2 Å². The van der Waals surface area contributed by atoms with Crippen molar-refractivity contribution in [1.29, 1.82) is 0 Å². The number of hydrogen-bond donors (Lipinski definition) is 2. The summed E-state index contributed by atoms with van der Waals surface area (Å²) >= 11 is 0. The second-order valence-corrected chi connectivity index (χ2v) is 5.16. The summed E-state index contributed by atoms with van der Waals surface area (Å²) in [6.45, 7) is 0. The minimum atomic E-state index is -1.19. The number of imidazole rings is 1. The molecular formula is C15H13FN2O4. The van der Waals surface area contributed by atoms with Gasteiger partial charge in [-0.2, -0.15) is 0 Å². The van der Waals surface area contributed by atoms with E-state index in [0.717, 1.165) is 0 Å². The first kappa shape index (κ1) is 14.2. The zero-order valence-electron chi connectivity index (χ0n) is 11.5. The number of benzene rings is 1. The van der Waals surface area contributed by atoms with Crippen LogP contribution in [0.1, 0.15) is 35.1 Å². The number of aromatic carboxylic acids is 1. The molecule has 7 heteroatoms. The van der Waals surface area contributed by atoms with Crippen LogP contribution in [0.4, 0.5) is 4.39 Å². The SMILES string of the molecule is O=C(O)c1nc(-c2ccc(F)cc2)n2c1CCCC2C(=O)O. The Morgan fingerprint density at radius 2 is 1.91 bits per heavy atom. The molecule has 0 bridgehead atoms. The van der Waals surface area contributed by atoms with Crippen molar-refractivity contribution in [2.45, 2.75) is 25.3 Å². The van der Waals surface area contributed by atoms with Gasteiger partial charge in [-0.25, -0.2) is 19.0 Å². The highest BCUT2D eigenvalue weighted by atomic mass is 19.1. The highest BCUT2D eigenvalue weighted by molar-refractivity contribution is 5.88. The third-order valence-electron chi connectivity index (χ3n) is 3.80. The maximum atomic E-state index is 13.1. The van der Waals surface area contributed by atoms with Crippen LogP contribution in [-0.2, 0) is 11.2 Å². The predicted molar refractivity (Wildman–Crippen MR) is 74.2 cm³/mol. The molecule has 0 fully saturated rings. The molecule has 0 aliphatic carbocycles. The second-order valence-electron chi connectivity index (χ2n) is 5.16. The fourth-order valence-corrected chi connectivity index (χ4v) is 2.84. The van der Waals surface area contributed by atoms with Crippen molar-refractivity contribution < 1.29 is 24.2 Å².